The van der Waals surface area contributed by atoms with Crippen LogP contribution < -0.4 is 0 Å². The van der Waals surface area contributed by atoms with E-state index in [4.69, 9.17) is 4.28 Å². The van der Waals surface area contributed by atoms with Gasteiger partial charge in [0.2, 0.25) is 5.78 Å². The standard InChI is InChI=1S/C27H29NO4S2.C25H21F3N2O4S/c1-3-4-5-9-12-26(28-32-34(30,31)25-19-13-21(2)14-20-25)27(29)22-15-17-24(18-16-22)33-23-10-7-6-8-11-23;1-4-30-22-11-9-17(16(3)29-34-35(32,33)25(26,27)28)13-20(22)21-14-18(10-12-23(21)30)24(31)19-8-6-5-7-15(19)2/h6-8,10-11,13-20H,3-5,9,12H2,1-2H3;5-14H,4H2,1-3H3/b28-26+;29-16+. The summed E-state index contributed by atoms with van der Waals surface area (Å²) < 4.78 is 95.9. The van der Waals surface area contributed by atoms with Crippen LogP contribution in [0.5, 0.6) is 0 Å². The van der Waals surface area contributed by atoms with Gasteiger partial charge < -0.3 is 4.57 Å². The Balaban J connectivity index is 0.000000227. The number of hydrogen-bond donors (Lipinski definition) is 0. The van der Waals surface area contributed by atoms with E-state index in [0.717, 1.165) is 68.4 Å². The number of oxime groups is 2. The van der Waals surface area contributed by atoms with E-state index >= 15 is 0 Å². The monoisotopic (exact) mass is 997 g/mol. The lowest BCUT2D eigenvalue weighted by Crippen LogP contribution is -2.24. The summed E-state index contributed by atoms with van der Waals surface area (Å²) in [7, 11) is -9.96. The van der Waals surface area contributed by atoms with Crippen LogP contribution in [-0.2, 0) is 35.3 Å². The first-order valence-electron chi connectivity index (χ1n) is 22.0. The minimum absolute atomic E-state index is 0.00178. The van der Waals surface area contributed by atoms with Gasteiger partial charge in [-0.3, -0.25) is 18.2 Å². The summed E-state index contributed by atoms with van der Waals surface area (Å²) in [6, 6.07) is 41.3. The Morgan fingerprint density at radius 1 is 0.652 bits per heavy atom. The topological polar surface area (TPSA) is 151 Å². The van der Waals surface area contributed by atoms with E-state index in [1.807, 2.05) is 86.0 Å². The molecule has 0 aliphatic heterocycles. The van der Waals surface area contributed by atoms with E-state index in [2.05, 4.69) is 21.5 Å². The molecule has 11 nitrogen and oxygen atoms in total. The van der Waals surface area contributed by atoms with Gasteiger partial charge in [0.1, 0.15) is 10.6 Å². The quantitative estimate of drug-likeness (QED) is 0.0269. The third-order valence-electron chi connectivity index (χ3n) is 11.0. The third-order valence-corrected chi connectivity index (χ3v) is 14.0. The van der Waals surface area contributed by atoms with Crippen LogP contribution in [0.15, 0.2) is 165 Å². The van der Waals surface area contributed by atoms with Gasteiger partial charge in [0.25, 0.3) is 0 Å². The van der Waals surface area contributed by atoms with E-state index in [0.29, 0.717) is 35.2 Å². The summed E-state index contributed by atoms with van der Waals surface area (Å²) in [4.78, 5) is 28.4. The molecule has 0 saturated heterocycles. The number of Topliss-reactive ketones (excluding diaryl/α,β-unsaturated/α-hetero) is 1. The van der Waals surface area contributed by atoms with Crippen molar-refractivity contribution in [2.45, 2.75) is 93.5 Å². The molecule has 7 aromatic rings. The van der Waals surface area contributed by atoms with Crippen LogP contribution in [-0.4, -0.2) is 49.9 Å². The predicted molar refractivity (Wildman–Crippen MR) is 265 cm³/mol. The molecular formula is C52H50F3N3O8S3. The number of hydrogen-bond acceptors (Lipinski definition) is 11. The van der Waals surface area contributed by atoms with Gasteiger partial charge in [-0.2, -0.15) is 30.0 Å². The Morgan fingerprint density at radius 3 is 1.84 bits per heavy atom. The lowest BCUT2D eigenvalue weighted by atomic mass is 9.97. The number of alkyl halides is 3. The average molecular weight is 998 g/mol. The van der Waals surface area contributed by atoms with Gasteiger partial charge in [0.15, 0.2) is 5.78 Å². The van der Waals surface area contributed by atoms with Crippen LogP contribution in [0.3, 0.4) is 0 Å². The van der Waals surface area contributed by atoms with E-state index in [9.17, 15) is 39.6 Å². The van der Waals surface area contributed by atoms with Crippen molar-refractivity contribution in [3.63, 3.8) is 0 Å². The van der Waals surface area contributed by atoms with Crippen molar-refractivity contribution in [1.82, 2.24) is 4.57 Å². The highest BCUT2D eigenvalue weighted by Gasteiger charge is 2.49. The summed E-state index contributed by atoms with van der Waals surface area (Å²) in [5.41, 5.74) is -0.0808. The number of halogens is 3. The van der Waals surface area contributed by atoms with Crippen molar-refractivity contribution >= 4 is 76.8 Å². The molecule has 69 heavy (non-hydrogen) atoms. The SMILES string of the molecule is CCCCCC/C(=N\OS(=O)(=O)c1ccc(C)cc1)C(=O)c1ccc(Sc2ccccc2)cc1.CCn1c2ccc(C(=O)c3ccccc3C)cc2c2cc(/C(C)=N/OS(=O)(=O)C(F)(F)F)ccc21. The van der Waals surface area contributed by atoms with Crippen molar-refractivity contribution in [1.29, 1.82) is 0 Å². The molecule has 6 aromatic carbocycles. The van der Waals surface area contributed by atoms with E-state index in [-0.39, 0.29) is 27.9 Å². The maximum absolute atomic E-state index is 13.2. The number of rotatable bonds is 18. The highest BCUT2D eigenvalue weighted by Crippen LogP contribution is 2.33. The molecule has 0 aliphatic rings. The maximum atomic E-state index is 13.2. The fraction of sp³-hybridized carbons (Fsp3) is 0.231. The van der Waals surface area contributed by atoms with Crippen LogP contribution in [0.1, 0.15) is 95.8 Å². The van der Waals surface area contributed by atoms with Gasteiger partial charge in [-0.25, -0.2) is 0 Å². The third kappa shape index (κ3) is 13.0. The number of fused-ring (bicyclic) bond motifs is 3. The molecule has 0 aliphatic carbocycles. The number of ketones is 2. The molecule has 1 aromatic heterocycles. The molecule has 0 radical (unpaired) electrons. The van der Waals surface area contributed by atoms with Crippen molar-refractivity contribution in [3.05, 3.63) is 173 Å². The molecule has 0 atom stereocenters. The lowest BCUT2D eigenvalue weighted by molar-refractivity contribution is -0.0540. The maximum Gasteiger partial charge on any atom is 0.536 e. The van der Waals surface area contributed by atoms with Gasteiger partial charge in [0.05, 0.1) is 5.71 Å². The van der Waals surface area contributed by atoms with E-state index < -0.39 is 25.7 Å². The molecular weight excluding hydrogens is 948 g/mol. The number of carbonyl (C=O) groups is 2. The van der Waals surface area contributed by atoms with Gasteiger partial charge >= 0.3 is 25.7 Å². The second-order valence-electron chi connectivity index (χ2n) is 16.0. The van der Waals surface area contributed by atoms with Crippen LogP contribution in [0, 0.1) is 13.8 Å². The molecule has 17 heteroatoms. The lowest BCUT2D eigenvalue weighted by Gasteiger charge is -2.08. The fourth-order valence-corrected chi connectivity index (χ4v) is 9.10. The zero-order valence-corrected chi connectivity index (χ0v) is 40.9. The molecule has 0 saturated carbocycles. The number of aryl methyl sites for hydroxylation is 3. The molecule has 0 N–H and O–H groups in total. The van der Waals surface area contributed by atoms with Crippen LogP contribution >= 0.6 is 11.8 Å². The first kappa shape index (κ1) is 51.8. The number of aromatic nitrogens is 1. The molecule has 0 spiro atoms. The minimum Gasteiger partial charge on any atom is -0.341 e. The van der Waals surface area contributed by atoms with Crippen molar-refractivity contribution in [2.75, 3.05) is 0 Å². The predicted octanol–water partition coefficient (Wildman–Crippen LogP) is 13.0. The molecule has 1 heterocycles. The Labute approximate surface area is 404 Å². The van der Waals surface area contributed by atoms with Crippen molar-refractivity contribution < 1.29 is 48.2 Å². The minimum atomic E-state index is -5.85. The normalized spacial score (nSPS) is 12.4. The highest BCUT2D eigenvalue weighted by molar-refractivity contribution is 7.99. The smallest absolute Gasteiger partial charge is 0.341 e. The summed E-state index contributed by atoms with van der Waals surface area (Å²) in [6.07, 6.45) is 4.10. The van der Waals surface area contributed by atoms with Gasteiger partial charge in [-0.15, -0.1) is 0 Å². The van der Waals surface area contributed by atoms with Crippen LogP contribution in [0.25, 0.3) is 21.8 Å². The zero-order valence-electron chi connectivity index (χ0n) is 38.5. The molecule has 0 bridgehead atoms. The fourth-order valence-electron chi connectivity index (χ4n) is 7.22. The zero-order chi connectivity index (χ0) is 49.9. The average Bonchev–Trinajstić information content (AvgIpc) is 3.65. The second kappa shape index (κ2) is 22.7. The van der Waals surface area contributed by atoms with Crippen LogP contribution in [0.2, 0.25) is 0 Å². The highest BCUT2D eigenvalue weighted by atomic mass is 32.2. The number of carbonyl (C=O) groups excluding carboxylic acids is 2. The van der Waals surface area contributed by atoms with Gasteiger partial charge in [-0.05, 0) is 131 Å². The van der Waals surface area contributed by atoms with E-state index in [1.165, 1.54) is 19.1 Å². The molecule has 0 unspecified atom stereocenters. The molecule has 0 amide bonds. The molecule has 360 valence electrons. The number of unbranched alkanes of at least 4 members (excludes halogenated alkanes) is 3. The first-order chi connectivity index (χ1) is 32.8. The summed E-state index contributed by atoms with van der Waals surface area (Å²) in [5.74, 6) is -0.450. The Hall–Kier alpha value is -6.56. The summed E-state index contributed by atoms with van der Waals surface area (Å²) >= 11 is 1.60. The Bertz CT molecular complexity index is 3240. The number of nitrogens with zero attached hydrogens (tertiary/aromatic N) is 3. The van der Waals surface area contributed by atoms with Crippen molar-refractivity contribution in [3.8, 4) is 0 Å². The first-order valence-corrected chi connectivity index (χ1v) is 25.6. The van der Waals surface area contributed by atoms with Gasteiger partial charge in [0, 0.05) is 54.8 Å². The summed E-state index contributed by atoms with van der Waals surface area (Å²) in [6.45, 7) is 9.80. The Kier molecular flexibility index (Phi) is 17.0. The largest absolute Gasteiger partial charge is 0.536 e. The summed E-state index contributed by atoms with van der Waals surface area (Å²) in [5, 5.41) is 8.54. The number of benzene rings is 6. The second-order valence-corrected chi connectivity index (χ2v) is 20.2. The molecule has 0 fully saturated rings. The molecule has 7 rings (SSSR count). The van der Waals surface area contributed by atoms with Crippen molar-refractivity contribution in [2.24, 2.45) is 10.3 Å². The van der Waals surface area contributed by atoms with Gasteiger partial charge in [-0.1, -0.05) is 114 Å². The van der Waals surface area contributed by atoms with E-state index in [1.54, 1.807) is 78.5 Å². The van der Waals surface area contributed by atoms with Crippen LogP contribution in [0.4, 0.5) is 13.2 Å². The Morgan fingerprint density at radius 2 is 1.23 bits per heavy atom.